The van der Waals surface area contributed by atoms with Crippen LogP contribution in [0.15, 0.2) is 58.3 Å². The Labute approximate surface area is 175 Å². The third-order valence-corrected chi connectivity index (χ3v) is 4.97. The fraction of sp³-hybridized carbons (Fsp3) is 0.208. The summed E-state index contributed by atoms with van der Waals surface area (Å²) < 4.78 is 6.38. The molecule has 0 bridgehead atoms. The van der Waals surface area contributed by atoms with Crippen LogP contribution in [0.4, 0.5) is 5.69 Å². The third kappa shape index (κ3) is 4.41. The fourth-order valence-electron chi connectivity index (χ4n) is 3.21. The van der Waals surface area contributed by atoms with Gasteiger partial charge in [0.15, 0.2) is 0 Å². The average molecular weight is 401 g/mol. The van der Waals surface area contributed by atoms with E-state index in [9.17, 15) is 15.2 Å². The minimum absolute atomic E-state index is 0.00761. The van der Waals surface area contributed by atoms with E-state index in [4.69, 9.17) is 4.74 Å². The van der Waals surface area contributed by atoms with Crippen LogP contribution in [0.25, 0.3) is 0 Å². The van der Waals surface area contributed by atoms with Crippen molar-refractivity contribution in [2.75, 3.05) is 7.11 Å². The highest BCUT2D eigenvalue weighted by atomic mass is 16.5. The number of nitriles is 1. The van der Waals surface area contributed by atoms with E-state index in [0.717, 1.165) is 22.6 Å². The largest absolute Gasteiger partial charge is 0.497 e. The van der Waals surface area contributed by atoms with E-state index in [2.05, 4.69) is 4.99 Å². The summed E-state index contributed by atoms with van der Waals surface area (Å²) in [5, 5.41) is 20.3. The molecule has 6 heteroatoms. The van der Waals surface area contributed by atoms with Crippen molar-refractivity contribution in [1.82, 2.24) is 4.57 Å². The third-order valence-electron chi connectivity index (χ3n) is 4.97. The van der Waals surface area contributed by atoms with Gasteiger partial charge in [-0.05, 0) is 61.2 Å². The molecule has 0 aliphatic carbocycles. The van der Waals surface area contributed by atoms with Gasteiger partial charge in [0.05, 0.1) is 18.4 Å². The Morgan fingerprint density at radius 3 is 2.57 bits per heavy atom. The first-order valence-electron chi connectivity index (χ1n) is 9.54. The molecule has 2 aromatic carbocycles. The van der Waals surface area contributed by atoms with Crippen molar-refractivity contribution in [2.24, 2.45) is 4.99 Å². The molecule has 0 saturated carbocycles. The minimum atomic E-state index is -0.506. The summed E-state index contributed by atoms with van der Waals surface area (Å²) in [6.07, 6.45) is 2.02. The standard InChI is InChI=1S/C24H23N3O3/c1-16-5-4-6-19(13-16)26-15-22-17(2)21(14-25)23(28)27(24(22)29)12-11-18-7-9-20(30-3)10-8-18/h4-10,13,15,29H,11-12H2,1-3H3. The monoisotopic (exact) mass is 401 g/mol. The van der Waals surface area contributed by atoms with Crippen LogP contribution in [0.3, 0.4) is 0 Å². The molecular weight excluding hydrogens is 378 g/mol. The number of nitrogens with zero attached hydrogens (tertiary/aromatic N) is 3. The van der Waals surface area contributed by atoms with E-state index < -0.39 is 5.56 Å². The van der Waals surface area contributed by atoms with Crippen LogP contribution in [0, 0.1) is 25.2 Å². The Morgan fingerprint density at radius 1 is 1.20 bits per heavy atom. The lowest BCUT2D eigenvalue weighted by Gasteiger charge is -2.14. The second kappa shape index (κ2) is 9.10. The first kappa shape index (κ1) is 20.9. The lowest BCUT2D eigenvalue weighted by atomic mass is 10.1. The van der Waals surface area contributed by atoms with Gasteiger partial charge in [0.25, 0.3) is 5.56 Å². The first-order chi connectivity index (χ1) is 14.4. The lowest BCUT2D eigenvalue weighted by molar-refractivity contribution is 0.404. The molecule has 0 aliphatic heterocycles. The van der Waals surface area contributed by atoms with E-state index in [1.807, 2.05) is 61.5 Å². The van der Waals surface area contributed by atoms with Crippen molar-refractivity contribution < 1.29 is 9.84 Å². The molecule has 0 saturated heterocycles. The van der Waals surface area contributed by atoms with Crippen LogP contribution >= 0.6 is 0 Å². The molecule has 0 radical (unpaired) electrons. The van der Waals surface area contributed by atoms with Crippen molar-refractivity contribution in [3.63, 3.8) is 0 Å². The summed E-state index contributed by atoms with van der Waals surface area (Å²) in [4.78, 5) is 17.2. The number of aromatic nitrogens is 1. The summed E-state index contributed by atoms with van der Waals surface area (Å²) >= 11 is 0. The molecule has 6 nitrogen and oxygen atoms in total. The van der Waals surface area contributed by atoms with Gasteiger partial charge in [0.1, 0.15) is 17.4 Å². The van der Waals surface area contributed by atoms with Crippen molar-refractivity contribution >= 4 is 11.9 Å². The molecule has 0 unspecified atom stereocenters. The number of hydrogen-bond donors (Lipinski definition) is 1. The number of pyridine rings is 1. The number of aliphatic imine (C=N–C) groups is 1. The number of benzene rings is 2. The summed E-state index contributed by atoms with van der Waals surface area (Å²) in [7, 11) is 1.60. The molecule has 152 valence electrons. The van der Waals surface area contributed by atoms with Crippen LogP contribution in [0.1, 0.15) is 27.8 Å². The molecular formula is C24H23N3O3. The maximum absolute atomic E-state index is 12.8. The number of aryl methyl sites for hydroxylation is 2. The molecule has 30 heavy (non-hydrogen) atoms. The van der Waals surface area contributed by atoms with Gasteiger partial charge in [0.2, 0.25) is 5.88 Å². The predicted octanol–water partition coefficient (Wildman–Crippen LogP) is 4.04. The molecule has 0 amide bonds. The zero-order valence-corrected chi connectivity index (χ0v) is 17.2. The van der Waals surface area contributed by atoms with E-state index >= 15 is 0 Å². The number of ether oxygens (including phenoxy) is 1. The molecule has 3 aromatic rings. The maximum atomic E-state index is 12.8. The maximum Gasteiger partial charge on any atom is 0.271 e. The highest BCUT2D eigenvalue weighted by molar-refractivity contribution is 5.87. The van der Waals surface area contributed by atoms with Crippen molar-refractivity contribution in [3.8, 4) is 17.7 Å². The molecule has 1 N–H and O–H groups in total. The van der Waals surface area contributed by atoms with Crippen LogP contribution in [0.5, 0.6) is 11.6 Å². The van der Waals surface area contributed by atoms with Crippen LogP contribution in [-0.4, -0.2) is 23.0 Å². The Hall–Kier alpha value is -3.85. The second-order valence-electron chi connectivity index (χ2n) is 7.00. The van der Waals surface area contributed by atoms with Gasteiger partial charge >= 0.3 is 0 Å². The van der Waals surface area contributed by atoms with E-state index in [-0.39, 0.29) is 18.0 Å². The zero-order chi connectivity index (χ0) is 21.7. The smallest absolute Gasteiger partial charge is 0.271 e. The average Bonchev–Trinajstić information content (AvgIpc) is 2.74. The van der Waals surface area contributed by atoms with Gasteiger partial charge in [-0.25, -0.2) is 0 Å². The molecule has 0 aliphatic rings. The molecule has 1 heterocycles. The lowest BCUT2D eigenvalue weighted by Crippen LogP contribution is -2.26. The molecule has 0 atom stereocenters. The van der Waals surface area contributed by atoms with E-state index in [0.29, 0.717) is 17.5 Å². The first-order valence-corrected chi connectivity index (χ1v) is 9.54. The summed E-state index contributed by atoms with van der Waals surface area (Å²) in [6, 6.07) is 17.1. The topological polar surface area (TPSA) is 87.6 Å². The fourth-order valence-corrected chi connectivity index (χ4v) is 3.21. The highest BCUT2D eigenvalue weighted by Gasteiger charge is 2.18. The highest BCUT2D eigenvalue weighted by Crippen LogP contribution is 2.22. The van der Waals surface area contributed by atoms with E-state index in [1.54, 1.807) is 14.0 Å². The van der Waals surface area contributed by atoms with Gasteiger partial charge in [-0.2, -0.15) is 5.26 Å². The Balaban J connectivity index is 1.97. The quantitative estimate of drug-likeness (QED) is 0.632. The molecule has 1 aromatic heterocycles. The SMILES string of the molecule is COc1ccc(CCn2c(O)c(C=Nc3cccc(C)c3)c(C)c(C#N)c2=O)cc1. The van der Waals surface area contributed by atoms with Crippen molar-refractivity contribution in [2.45, 2.75) is 26.8 Å². The Bertz CT molecular complexity index is 1190. The number of aromatic hydroxyl groups is 1. The zero-order valence-electron chi connectivity index (χ0n) is 17.2. The summed E-state index contributed by atoms with van der Waals surface area (Å²) in [6.45, 7) is 3.84. The predicted molar refractivity (Wildman–Crippen MR) is 117 cm³/mol. The van der Waals surface area contributed by atoms with Gasteiger partial charge in [-0.15, -0.1) is 0 Å². The molecule has 3 rings (SSSR count). The van der Waals surface area contributed by atoms with Crippen LogP contribution in [-0.2, 0) is 13.0 Å². The van der Waals surface area contributed by atoms with Crippen molar-refractivity contribution in [3.05, 3.63) is 86.7 Å². The Morgan fingerprint density at radius 2 is 1.93 bits per heavy atom. The van der Waals surface area contributed by atoms with Gasteiger partial charge < -0.3 is 9.84 Å². The molecule has 0 fully saturated rings. The van der Waals surface area contributed by atoms with Crippen LogP contribution in [0.2, 0.25) is 0 Å². The molecule has 0 spiro atoms. The number of methoxy groups -OCH3 is 1. The Kier molecular flexibility index (Phi) is 6.33. The number of rotatable bonds is 6. The van der Waals surface area contributed by atoms with E-state index in [1.165, 1.54) is 10.8 Å². The summed E-state index contributed by atoms with van der Waals surface area (Å²) in [5.41, 5.74) is 3.05. The number of hydrogen-bond acceptors (Lipinski definition) is 5. The van der Waals surface area contributed by atoms with Gasteiger partial charge in [-0.3, -0.25) is 14.4 Å². The van der Waals surface area contributed by atoms with Gasteiger partial charge in [0, 0.05) is 12.8 Å². The normalized spacial score (nSPS) is 10.9. The van der Waals surface area contributed by atoms with Crippen molar-refractivity contribution in [1.29, 1.82) is 5.26 Å². The minimum Gasteiger partial charge on any atom is -0.497 e. The second-order valence-corrected chi connectivity index (χ2v) is 7.00. The van der Waals surface area contributed by atoms with Gasteiger partial charge in [-0.1, -0.05) is 24.3 Å². The van der Waals surface area contributed by atoms with Crippen LogP contribution < -0.4 is 10.3 Å². The summed E-state index contributed by atoms with van der Waals surface area (Å²) in [5.74, 6) is 0.553.